The predicted octanol–water partition coefficient (Wildman–Crippen LogP) is 3.87. The van der Waals surface area contributed by atoms with Crippen molar-refractivity contribution < 1.29 is 19.0 Å². The number of carbonyl (C=O) groups is 1. The molecular weight excluding hydrogens is 442 g/mol. The second kappa shape index (κ2) is 9.58. The molecule has 4 rings (SSSR count). The zero-order valence-corrected chi connectivity index (χ0v) is 19.7. The van der Waals surface area contributed by atoms with Crippen LogP contribution in [0.1, 0.15) is 34.6 Å². The molecule has 1 atom stereocenters. The van der Waals surface area contributed by atoms with E-state index in [-0.39, 0.29) is 23.7 Å². The van der Waals surface area contributed by atoms with Gasteiger partial charge in [0.15, 0.2) is 16.7 Å². The van der Waals surface area contributed by atoms with E-state index in [4.69, 9.17) is 14.2 Å². The van der Waals surface area contributed by atoms with Gasteiger partial charge in [0.2, 0.25) is 11.7 Å². The highest BCUT2D eigenvalue weighted by molar-refractivity contribution is 7.98. The maximum atomic E-state index is 13.1. The molecule has 0 aliphatic carbocycles. The molecule has 1 aromatic heterocycles. The largest absolute Gasteiger partial charge is 0.493 e. The van der Waals surface area contributed by atoms with Gasteiger partial charge in [-0.25, -0.2) is 4.98 Å². The number of methoxy groups -OCH3 is 3. The van der Waals surface area contributed by atoms with Crippen LogP contribution in [0.3, 0.4) is 0 Å². The molecule has 0 saturated heterocycles. The van der Waals surface area contributed by atoms with E-state index < -0.39 is 5.92 Å². The number of benzene rings is 2. The first-order chi connectivity index (χ1) is 15.9. The lowest BCUT2D eigenvalue weighted by atomic mass is 9.86. The SMILES string of the molecule is COc1cc(C2CC(=O)Nc3nc(SCc4cccc(C)c4)[nH]c(=O)c32)cc(OC)c1OC. The van der Waals surface area contributed by atoms with Gasteiger partial charge in [-0.15, -0.1) is 0 Å². The van der Waals surface area contributed by atoms with Crippen LogP contribution in [-0.2, 0) is 10.5 Å². The summed E-state index contributed by atoms with van der Waals surface area (Å²) >= 11 is 1.41. The van der Waals surface area contributed by atoms with Crippen LogP contribution in [-0.4, -0.2) is 37.2 Å². The van der Waals surface area contributed by atoms with E-state index >= 15 is 0 Å². The maximum Gasteiger partial charge on any atom is 0.257 e. The summed E-state index contributed by atoms with van der Waals surface area (Å²) in [5.74, 6) is 1.56. The number of hydrogen-bond donors (Lipinski definition) is 2. The highest BCUT2D eigenvalue weighted by Gasteiger charge is 2.32. The molecule has 3 aromatic rings. The van der Waals surface area contributed by atoms with Crippen molar-refractivity contribution in [3.63, 3.8) is 0 Å². The zero-order chi connectivity index (χ0) is 23.5. The van der Waals surface area contributed by atoms with Crippen LogP contribution in [0, 0.1) is 6.92 Å². The van der Waals surface area contributed by atoms with E-state index in [2.05, 4.69) is 21.4 Å². The van der Waals surface area contributed by atoms with Gasteiger partial charge in [-0.1, -0.05) is 41.6 Å². The highest BCUT2D eigenvalue weighted by Crippen LogP contribution is 2.43. The molecule has 0 radical (unpaired) electrons. The topological polar surface area (TPSA) is 103 Å². The first-order valence-corrected chi connectivity index (χ1v) is 11.3. The Morgan fingerprint density at radius 3 is 2.42 bits per heavy atom. The average molecular weight is 468 g/mol. The summed E-state index contributed by atoms with van der Waals surface area (Å²) in [6.45, 7) is 2.03. The lowest BCUT2D eigenvalue weighted by molar-refractivity contribution is -0.116. The monoisotopic (exact) mass is 467 g/mol. The third-order valence-corrected chi connectivity index (χ3v) is 6.42. The number of anilines is 1. The Kier molecular flexibility index (Phi) is 6.60. The lowest BCUT2D eigenvalue weighted by Gasteiger charge is -2.25. The smallest absolute Gasteiger partial charge is 0.257 e. The summed E-state index contributed by atoms with van der Waals surface area (Å²) in [4.78, 5) is 33.1. The minimum absolute atomic E-state index is 0.103. The molecule has 2 heterocycles. The van der Waals surface area contributed by atoms with Crippen molar-refractivity contribution in [2.24, 2.45) is 0 Å². The molecular formula is C24H25N3O5S. The van der Waals surface area contributed by atoms with Gasteiger partial charge in [0.25, 0.3) is 5.56 Å². The molecule has 9 heteroatoms. The van der Waals surface area contributed by atoms with Crippen LogP contribution < -0.4 is 25.1 Å². The predicted molar refractivity (Wildman–Crippen MR) is 127 cm³/mol. The number of ether oxygens (including phenoxy) is 3. The molecule has 1 amide bonds. The van der Waals surface area contributed by atoms with Gasteiger partial charge in [-0.05, 0) is 30.2 Å². The van der Waals surface area contributed by atoms with Crippen LogP contribution in [0.4, 0.5) is 5.82 Å². The molecule has 0 saturated carbocycles. The summed E-state index contributed by atoms with van der Waals surface area (Å²) in [6.07, 6.45) is 0.103. The van der Waals surface area contributed by atoms with Crippen molar-refractivity contribution in [3.8, 4) is 17.2 Å². The van der Waals surface area contributed by atoms with E-state index in [0.717, 1.165) is 5.56 Å². The number of thioether (sulfide) groups is 1. The molecule has 0 fully saturated rings. The van der Waals surface area contributed by atoms with Gasteiger partial charge < -0.3 is 24.5 Å². The fourth-order valence-electron chi connectivity index (χ4n) is 3.96. The third kappa shape index (κ3) is 4.68. The summed E-state index contributed by atoms with van der Waals surface area (Å²) in [5.41, 5.74) is 3.11. The quantitative estimate of drug-likeness (QED) is 0.402. The Labute approximate surface area is 195 Å². The van der Waals surface area contributed by atoms with Crippen molar-refractivity contribution in [2.75, 3.05) is 26.6 Å². The number of rotatable bonds is 7. The van der Waals surface area contributed by atoms with E-state index in [0.29, 0.717) is 39.3 Å². The van der Waals surface area contributed by atoms with Gasteiger partial charge in [-0.2, -0.15) is 0 Å². The molecule has 8 nitrogen and oxygen atoms in total. The minimum Gasteiger partial charge on any atom is -0.493 e. The maximum absolute atomic E-state index is 13.1. The number of fused-ring (bicyclic) bond motifs is 1. The fourth-order valence-corrected chi connectivity index (χ4v) is 4.76. The molecule has 2 aromatic carbocycles. The van der Waals surface area contributed by atoms with Crippen molar-refractivity contribution in [1.82, 2.24) is 9.97 Å². The normalized spacial score (nSPS) is 14.9. The van der Waals surface area contributed by atoms with Gasteiger partial charge in [0.1, 0.15) is 5.82 Å². The second-order valence-electron chi connectivity index (χ2n) is 7.67. The van der Waals surface area contributed by atoms with Gasteiger partial charge >= 0.3 is 0 Å². The van der Waals surface area contributed by atoms with Crippen LogP contribution in [0.15, 0.2) is 46.3 Å². The molecule has 1 aliphatic rings. The molecule has 1 aliphatic heterocycles. The van der Waals surface area contributed by atoms with Crippen molar-refractivity contribution >= 4 is 23.5 Å². The first-order valence-electron chi connectivity index (χ1n) is 10.4. The number of amides is 1. The van der Waals surface area contributed by atoms with Crippen LogP contribution in [0.2, 0.25) is 0 Å². The highest BCUT2D eigenvalue weighted by atomic mass is 32.2. The van der Waals surface area contributed by atoms with Gasteiger partial charge in [0.05, 0.1) is 26.9 Å². The van der Waals surface area contributed by atoms with Crippen LogP contribution in [0.25, 0.3) is 0 Å². The number of nitrogens with one attached hydrogen (secondary N) is 2. The Morgan fingerprint density at radius 1 is 1.06 bits per heavy atom. The number of aromatic nitrogens is 2. The second-order valence-corrected chi connectivity index (χ2v) is 8.64. The van der Waals surface area contributed by atoms with E-state index in [9.17, 15) is 9.59 Å². The minimum atomic E-state index is -0.505. The standard InChI is InChI=1S/C24H25N3O5S/c1-13-6-5-7-14(8-13)12-33-24-26-22-20(23(29)27-24)16(11-19(28)25-22)15-9-17(30-2)21(32-4)18(10-15)31-3/h5-10,16H,11-12H2,1-4H3,(H2,25,26,27,28,29). The van der Waals surface area contributed by atoms with Crippen molar-refractivity contribution in [2.45, 2.75) is 30.2 Å². The number of H-pyrrole nitrogens is 1. The van der Waals surface area contributed by atoms with Crippen LogP contribution in [0.5, 0.6) is 17.2 Å². The molecule has 0 spiro atoms. The van der Waals surface area contributed by atoms with E-state index in [1.165, 1.54) is 38.7 Å². The Hall–Kier alpha value is -3.46. The number of carbonyl (C=O) groups excluding carboxylic acids is 1. The molecule has 1 unspecified atom stereocenters. The summed E-state index contributed by atoms with van der Waals surface area (Å²) in [6, 6.07) is 11.7. The first kappa shape index (κ1) is 22.7. The van der Waals surface area contributed by atoms with E-state index in [1.54, 1.807) is 12.1 Å². The van der Waals surface area contributed by atoms with Crippen molar-refractivity contribution in [3.05, 3.63) is 69.0 Å². The Bertz CT molecular complexity index is 1230. The fraction of sp³-hybridized carbons (Fsp3) is 0.292. The molecule has 172 valence electrons. The third-order valence-electron chi connectivity index (χ3n) is 5.48. The molecule has 0 bridgehead atoms. The number of aryl methyl sites for hydroxylation is 1. The summed E-state index contributed by atoms with van der Waals surface area (Å²) in [7, 11) is 4.57. The number of aromatic amines is 1. The lowest BCUT2D eigenvalue weighted by Crippen LogP contribution is -2.31. The summed E-state index contributed by atoms with van der Waals surface area (Å²) in [5, 5.41) is 3.21. The van der Waals surface area contributed by atoms with Gasteiger partial charge in [-0.3, -0.25) is 9.59 Å². The Morgan fingerprint density at radius 2 is 1.79 bits per heavy atom. The number of hydrogen-bond acceptors (Lipinski definition) is 7. The zero-order valence-electron chi connectivity index (χ0n) is 18.9. The number of nitrogens with zero attached hydrogens (tertiary/aromatic N) is 1. The van der Waals surface area contributed by atoms with Gasteiger partial charge in [0, 0.05) is 18.1 Å². The average Bonchev–Trinajstić information content (AvgIpc) is 2.81. The Balaban J connectivity index is 1.71. The molecule has 2 N–H and O–H groups in total. The van der Waals surface area contributed by atoms with Crippen molar-refractivity contribution in [1.29, 1.82) is 0 Å². The molecule has 33 heavy (non-hydrogen) atoms. The van der Waals surface area contributed by atoms with E-state index in [1.807, 2.05) is 25.1 Å². The summed E-state index contributed by atoms with van der Waals surface area (Å²) < 4.78 is 16.3. The van der Waals surface area contributed by atoms with Crippen LogP contribution >= 0.6 is 11.8 Å².